The molecule has 1 heterocycles. The Morgan fingerprint density at radius 1 is 1.00 bits per heavy atom. The van der Waals surface area contributed by atoms with Crippen LogP contribution in [0.1, 0.15) is 0 Å². The van der Waals surface area contributed by atoms with Crippen molar-refractivity contribution in [1.29, 1.82) is 0 Å². The van der Waals surface area contributed by atoms with Crippen molar-refractivity contribution in [1.82, 2.24) is 0 Å². The first kappa shape index (κ1) is 11.8. The first-order valence-electron chi connectivity index (χ1n) is 5.60. The zero-order valence-corrected chi connectivity index (χ0v) is 12.2. The van der Waals surface area contributed by atoms with Gasteiger partial charge in [0.15, 0.2) is 0 Å². The number of ether oxygens (including phenoxy) is 1. The lowest BCUT2D eigenvalue weighted by Gasteiger charge is -2.06. The number of halogens is 1. The summed E-state index contributed by atoms with van der Waals surface area (Å²) < 4.78 is 7.66. The largest absolute Gasteiger partial charge is 0.497 e. The first-order chi connectivity index (χ1) is 8.79. The minimum absolute atomic E-state index is 0.887. The molecule has 1 aromatic heterocycles. The maximum absolute atomic E-state index is 5.19. The summed E-state index contributed by atoms with van der Waals surface area (Å²) in [5, 5.41) is 3.40. The third kappa shape index (κ3) is 1.93. The summed E-state index contributed by atoms with van der Waals surface area (Å²) >= 11 is 5.36. The summed E-state index contributed by atoms with van der Waals surface area (Å²) in [7, 11) is 1.69. The van der Waals surface area contributed by atoms with Gasteiger partial charge in [-0.3, -0.25) is 0 Å². The van der Waals surface area contributed by atoms with Crippen molar-refractivity contribution in [2.45, 2.75) is 0 Å². The molecule has 0 atom stereocenters. The lowest BCUT2D eigenvalue weighted by molar-refractivity contribution is 0.415. The molecule has 0 fully saturated rings. The number of rotatable bonds is 2. The number of methoxy groups -OCH3 is 1. The summed E-state index contributed by atoms with van der Waals surface area (Å²) in [6, 6.07) is 14.6. The van der Waals surface area contributed by atoms with Crippen molar-refractivity contribution in [3.8, 4) is 16.9 Å². The summed E-state index contributed by atoms with van der Waals surface area (Å²) in [6.45, 7) is 0. The Morgan fingerprint density at radius 2 is 1.78 bits per heavy atom. The van der Waals surface area contributed by atoms with Crippen LogP contribution in [-0.4, -0.2) is 7.11 Å². The maximum Gasteiger partial charge on any atom is 0.118 e. The average molecular weight is 319 g/mol. The molecule has 3 aromatic rings. The number of fused-ring (bicyclic) bond motifs is 1. The van der Waals surface area contributed by atoms with Gasteiger partial charge in [0.05, 0.1) is 7.11 Å². The molecule has 0 N–H and O–H groups in total. The van der Waals surface area contributed by atoms with Crippen molar-refractivity contribution < 1.29 is 4.74 Å². The highest BCUT2D eigenvalue weighted by atomic mass is 79.9. The van der Waals surface area contributed by atoms with Crippen LogP contribution in [-0.2, 0) is 0 Å². The van der Waals surface area contributed by atoms with E-state index in [2.05, 4.69) is 51.6 Å². The van der Waals surface area contributed by atoms with Crippen LogP contribution >= 0.6 is 27.3 Å². The van der Waals surface area contributed by atoms with Gasteiger partial charge < -0.3 is 4.74 Å². The van der Waals surface area contributed by atoms with Crippen LogP contribution in [0.4, 0.5) is 0 Å². The highest BCUT2D eigenvalue weighted by Crippen LogP contribution is 2.37. The zero-order valence-electron chi connectivity index (χ0n) is 9.81. The van der Waals surface area contributed by atoms with E-state index in [0.717, 1.165) is 10.2 Å². The Balaban J connectivity index is 2.18. The van der Waals surface area contributed by atoms with Gasteiger partial charge in [-0.05, 0) is 40.8 Å². The molecule has 0 saturated carbocycles. The second-order valence-electron chi connectivity index (χ2n) is 3.99. The maximum atomic E-state index is 5.19. The quantitative estimate of drug-likeness (QED) is 0.619. The highest BCUT2D eigenvalue weighted by molar-refractivity contribution is 9.10. The topological polar surface area (TPSA) is 9.23 Å². The molecule has 0 aliphatic rings. The molecule has 90 valence electrons. The monoisotopic (exact) mass is 318 g/mol. The fourth-order valence-electron chi connectivity index (χ4n) is 2.03. The Bertz CT molecular complexity index is 685. The minimum Gasteiger partial charge on any atom is -0.497 e. The Morgan fingerprint density at radius 3 is 2.50 bits per heavy atom. The Hall–Kier alpha value is -1.32. The molecule has 0 bridgehead atoms. The molecule has 2 aromatic carbocycles. The van der Waals surface area contributed by atoms with E-state index in [-0.39, 0.29) is 0 Å². The lowest BCUT2D eigenvalue weighted by Crippen LogP contribution is -1.83. The van der Waals surface area contributed by atoms with Crippen molar-refractivity contribution in [3.63, 3.8) is 0 Å². The lowest BCUT2D eigenvalue weighted by atomic mass is 10.0. The fraction of sp³-hybridized carbons (Fsp3) is 0.0667. The standard InChI is InChI=1S/C15H11BrOS/c1-17-11-4-2-10(3-5-11)12-6-7-14(16)13-8-9-18-15(12)13/h2-9H,1H3. The van der Waals surface area contributed by atoms with Gasteiger partial charge in [-0.25, -0.2) is 0 Å². The van der Waals surface area contributed by atoms with Gasteiger partial charge in [-0.15, -0.1) is 11.3 Å². The third-order valence-corrected chi connectivity index (χ3v) is 4.60. The van der Waals surface area contributed by atoms with Gasteiger partial charge in [-0.2, -0.15) is 0 Å². The molecular formula is C15H11BrOS. The molecule has 18 heavy (non-hydrogen) atoms. The second-order valence-corrected chi connectivity index (χ2v) is 5.76. The summed E-state index contributed by atoms with van der Waals surface area (Å²) in [5.74, 6) is 0.887. The Kier molecular flexibility index (Phi) is 3.10. The van der Waals surface area contributed by atoms with E-state index in [1.165, 1.54) is 21.2 Å². The molecule has 3 heteroatoms. The predicted molar refractivity (Wildman–Crippen MR) is 81.5 cm³/mol. The van der Waals surface area contributed by atoms with Crippen molar-refractivity contribution >= 4 is 37.4 Å². The van der Waals surface area contributed by atoms with Gasteiger partial charge in [0.1, 0.15) is 5.75 Å². The molecular weight excluding hydrogens is 308 g/mol. The predicted octanol–water partition coefficient (Wildman–Crippen LogP) is 5.34. The van der Waals surface area contributed by atoms with Gasteiger partial charge in [-0.1, -0.05) is 34.1 Å². The van der Waals surface area contributed by atoms with E-state index in [1.54, 1.807) is 18.4 Å². The van der Waals surface area contributed by atoms with Gasteiger partial charge in [0.2, 0.25) is 0 Å². The second kappa shape index (κ2) is 4.75. The minimum atomic E-state index is 0.887. The molecule has 0 aliphatic heterocycles. The molecule has 0 spiro atoms. The average Bonchev–Trinajstić information content (AvgIpc) is 2.90. The highest BCUT2D eigenvalue weighted by Gasteiger charge is 2.07. The summed E-state index contributed by atoms with van der Waals surface area (Å²) in [6.07, 6.45) is 0. The van der Waals surface area contributed by atoms with E-state index in [0.29, 0.717) is 0 Å². The molecule has 3 rings (SSSR count). The number of benzene rings is 2. The first-order valence-corrected chi connectivity index (χ1v) is 7.27. The van der Waals surface area contributed by atoms with Crippen molar-refractivity contribution in [2.75, 3.05) is 7.11 Å². The third-order valence-electron chi connectivity index (χ3n) is 2.96. The van der Waals surface area contributed by atoms with E-state index in [9.17, 15) is 0 Å². The van der Waals surface area contributed by atoms with Crippen LogP contribution in [0.2, 0.25) is 0 Å². The van der Waals surface area contributed by atoms with Crippen molar-refractivity contribution in [3.05, 3.63) is 52.3 Å². The van der Waals surface area contributed by atoms with Gasteiger partial charge in [0, 0.05) is 14.6 Å². The number of hydrogen-bond acceptors (Lipinski definition) is 2. The molecule has 0 aliphatic carbocycles. The summed E-state index contributed by atoms with van der Waals surface area (Å²) in [4.78, 5) is 0. The van der Waals surface area contributed by atoms with Crippen LogP contribution in [0.3, 0.4) is 0 Å². The van der Waals surface area contributed by atoms with E-state index >= 15 is 0 Å². The van der Waals surface area contributed by atoms with Gasteiger partial charge >= 0.3 is 0 Å². The van der Waals surface area contributed by atoms with E-state index < -0.39 is 0 Å². The number of thiophene rings is 1. The van der Waals surface area contributed by atoms with Crippen LogP contribution in [0.15, 0.2) is 52.3 Å². The SMILES string of the molecule is COc1ccc(-c2ccc(Br)c3ccsc23)cc1. The zero-order chi connectivity index (χ0) is 12.5. The van der Waals surface area contributed by atoms with E-state index in [1.807, 2.05) is 12.1 Å². The Labute approximate surface area is 118 Å². The van der Waals surface area contributed by atoms with Crippen LogP contribution in [0.5, 0.6) is 5.75 Å². The van der Waals surface area contributed by atoms with Crippen molar-refractivity contribution in [2.24, 2.45) is 0 Å². The van der Waals surface area contributed by atoms with Gasteiger partial charge in [0.25, 0.3) is 0 Å². The van der Waals surface area contributed by atoms with Crippen LogP contribution in [0, 0.1) is 0 Å². The normalized spacial score (nSPS) is 10.8. The molecule has 0 amide bonds. The summed E-state index contributed by atoms with van der Waals surface area (Å²) in [5.41, 5.74) is 2.49. The van der Waals surface area contributed by atoms with Crippen LogP contribution in [0.25, 0.3) is 21.2 Å². The molecule has 0 radical (unpaired) electrons. The fourth-order valence-corrected chi connectivity index (χ4v) is 3.58. The van der Waals surface area contributed by atoms with E-state index in [4.69, 9.17) is 4.74 Å². The number of hydrogen-bond donors (Lipinski definition) is 0. The molecule has 0 unspecified atom stereocenters. The van der Waals surface area contributed by atoms with Crippen LogP contribution < -0.4 is 4.74 Å². The molecule has 0 saturated heterocycles. The smallest absolute Gasteiger partial charge is 0.118 e. The molecule has 1 nitrogen and oxygen atoms in total.